The lowest BCUT2D eigenvalue weighted by molar-refractivity contribution is 0.0678. The molecule has 1 aromatic heterocycles. The molecule has 1 saturated heterocycles. The molecule has 2 fully saturated rings. The monoisotopic (exact) mass is 356 g/mol. The summed E-state index contributed by atoms with van der Waals surface area (Å²) in [7, 11) is 0. The molecule has 2 heterocycles. The molecule has 138 valence electrons. The second kappa shape index (κ2) is 7.35. The van der Waals surface area contributed by atoms with Crippen LogP contribution in [0.25, 0.3) is 0 Å². The van der Waals surface area contributed by atoms with Crippen LogP contribution in [0.2, 0.25) is 0 Å². The van der Waals surface area contributed by atoms with Gasteiger partial charge < -0.3 is 14.7 Å². The van der Waals surface area contributed by atoms with Crippen LogP contribution in [0.1, 0.15) is 60.5 Å². The van der Waals surface area contributed by atoms with E-state index in [1.807, 2.05) is 0 Å². The van der Waals surface area contributed by atoms with E-state index in [2.05, 4.69) is 44.6 Å². The minimum atomic E-state index is -1.10. The highest BCUT2D eigenvalue weighted by Gasteiger charge is 2.26. The Morgan fingerprint density at radius 3 is 2.46 bits per heavy atom. The van der Waals surface area contributed by atoms with Gasteiger partial charge >= 0.3 is 5.97 Å². The summed E-state index contributed by atoms with van der Waals surface area (Å²) in [6.45, 7) is 2.34. The molecule has 7 nitrogen and oxygen atoms in total. The first kappa shape index (κ1) is 16.9. The number of carbonyl (C=O) groups is 1. The van der Waals surface area contributed by atoms with Crippen molar-refractivity contribution in [3.8, 4) is 5.88 Å². The van der Waals surface area contributed by atoms with E-state index in [9.17, 15) is 4.79 Å². The van der Waals surface area contributed by atoms with Crippen LogP contribution in [-0.4, -0.2) is 45.7 Å². The molecule has 0 unspecified atom stereocenters. The summed E-state index contributed by atoms with van der Waals surface area (Å²) >= 11 is 0. The van der Waals surface area contributed by atoms with Crippen molar-refractivity contribution in [1.29, 1.82) is 0 Å². The van der Waals surface area contributed by atoms with Gasteiger partial charge in [-0.3, -0.25) is 0 Å². The number of benzene rings is 1. The Hall–Kier alpha value is -2.57. The van der Waals surface area contributed by atoms with Gasteiger partial charge in [0.05, 0.1) is 0 Å². The molecule has 1 saturated carbocycles. The molecule has 1 aliphatic carbocycles. The van der Waals surface area contributed by atoms with Gasteiger partial charge in [0.2, 0.25) is 5.69 Å². The average Bonchev–Trinajstić information content (AvgIpc) is 3.34. The molecule has 0 spiro atoms. The molecule has 0 radical (unpaired) electrons. The minimum Gasteiger partial charge on any atom is -0.476 e. The van der Waals surface area contributed by atoms with E-state index in [0.29, 0.717) is 5.92 Å². The molecule has 0 amide bonds. The fraction of sp³-hybridized carbons (Fsp3) is 0.526. The van der Waals surface area contributed by atoms with Crippen LogP contribution in [0.3, 0.4) is 0 Å². The molecule has 2 aromatic rings. The largest absolute Gasteiger partial charge is 0.476 e. The van der Waals surface area contributed by atoms with Crippen molar-refractivity contribution in [2.45, 2.75) is 50.5 Å². The molecule has 2 N–H and O–H groups in total. The zero-order chi connectivity index (χ0) is 17.9. The van der Waals surface area contributed by atoms with Crippen LogP contribution in [0.5, 0.6) is 5.88 Å². The summed E-state index contributed by atoms with van der Waals surface area (Å²) in [5.74, 6) is -0.466. The number of nitrogens with one attached hydrogen (secondary N) is 1. The summed E-state index contributed by atoms with van der Waals surface area (Å²) in [4.78, 5) is 13.5. The number of nitrogens with zero attached hydrogens (tertiary/aromatic N) is 3. The second-order valence-corrected chi connectivity index (χ2v) is 7.17. The van der Waals surface area contributed by atoms with Crippen LogP contribution < -0.4 is 9.64 Å². The van der Waals surface area contributed by atoms with Crippen LogP contribution in [0.4, 0.5) is 5.69 Å². The van der Waals surface area contributed by atoms with Gasteiger partial charge in [0, 0.05) is 18.8 Å². The highest BCUT2D eigenvalue weighted by atomic mass is 16.5. The lowest BCUT2D eigenvalue weighted by atomic mass is 9.82. The number of carboxylic acid groups (broad SMARTS) is 1. The van der Waals surface area contributed by atoms with Crippen LogP contribution >= 0.6 is 0 Å². The lowest BCUT2D eigenvalue weighted by Gasteiger charge is -2.29. The van der Waals surface area contributed by atoms with Gasteiger partial charge in [0.25, 0.3) is 5.88 Å². The smallest absolute Gasteiger partial charge is 0.359 e. The van der Waals surface area contributed by atoms with Gasteiger partial charge in [-0.1, -0.05) is 22.4 Å². The zero-order valence-electron chi connectivity index (χ0n) is 14.7. The molecule has 1 aliphatic heterocycles. The molecule has 7 heteroatoms. The van der Waals surface area contributed by atoms with Crippen molar-refractivity contribution in [3.63, 3.8) is 0 Å². The van der Waals surface area contributed by atoms with E-state index in [1.165, 1.54) is 37.2 Å². The topological polar surface area (TPSA) is 91.3 Å². The first-order chi connectivity index (χ1) is 12.7. The average molecular weight is 356 g/mol. The van der Waals surface area contributed by atoms with E-state index in [1.54, 1.807) is 0 Å². The number of aromatic amines is 1. The Kier molecular flexibility index (Phi) is 4.77. The summed E-state index contributed by atoms with van der Waals surface area (Å²) < 4.78 is 5.77. The summed E-state index contributed by atoms with van der Waals surface area (Å²) in [6, 6.07) is 9.02. The standard InChI is InChI=1S/C19H24N4O3/c24-19(25)17-18(21-22-20-17)26-16-9-5-14(6-10-16)13-3-7-15(8-4-13)23-11-1-2-12-23/h3-4,7-8,14,16H,1-2,5-6,9-12H2,(H,24,25)(H,20,21,22)/t14-,16+. The van der Waals surface area contributed by atoms with Crippen molar-refractivity contribution in [2.24, 2.45) is 0 Å². The number of anilines is 1. The first-order valence-electron chi connectivity index (χ1n) is 9.36. The predicted octanol–water partition coefficient (Wildman–Crippen LogP) is 3.21. The maximum absolute atomic E-state index is 11.1. The summed E-state index contributed by atoms with van der Waals surface area (Å²) in [6.07, 6.45) is 6.44. The van der Waals surface area contributed by atoms with Crippen molar-refractivity contribution in [1.82, 2.24) is 15.4 Å². The number of rotatable bonds is 5. The summed E-state index contributed by atoms with van der Waals surface area (Å²) in [5.41, 5.74) is 2.64. The Morgan fingerprint density at radius 2 is 1.81 bits per heavy atom. The first-order valence-corrected chi connectivity index (χ1v) is 9.36. The van der Waals surface area contributed by atoms with Gasteiger partial charge in [0.15, 0.2) is 0 Å². The summed E-state index contributed by atoms with van der Waals surface area (Å²) in [5, 5.41) is 18.7. The Labute approximate surface area is 152 Å². The van der Waals surface area contributed by atoms with Crippen molar-refractivity contribution < 1.29 is 14.6 Å². The number of aromatic carboxylic acids is 1. The van der Waals surface area contributed by atoms with E-state index in [0.717, 1.165) is 25.7 Å². The van der Waals surface area contributed by atoms with Gasteiger partial charge in [-0.15, -0.1) is 0 Å². The van der Waals surface area contributed by atoms with Crippen LogP contribution in [0, 0.1) is 0 Å². The fourth-order valence-electron chi connectivity index (χ4n) is 4.04. The lowest BCUT2D eigenvalue weighted by Crippen LogP contribution is -2.24. The zero-order valence-corrected chi connectivity index (χ0v) is 14.7. The maximum Gasteiger partial charge on any atom is 0.359 e. The number of hydrogen-bond acceptors (Lipinski definition) is 5. The molecular weight excluding hydrogens is 332 g/mol. The Balaban J connectivity index is 1.33. The van der Waals surface area contributed by atoms with Crippen molar-refractivity contribution in [3.05, 3.63) is 35.5 Å². The molecule has 0 atom stereocenters. The van der Waals surface area contributed by atoms with E-state index < -0.39 is 5.97 Å². The Morgan fingerprint density at radius 1 is 1.12 bits per heavy atom. The highest BCUT2D eigenvalue weighted by Crippen LogP contribution is 2.35. The quantitative estimate of drug-likeness (QED) is 0.855. The van der Waals surface area contributed by atoms with Gasteiger partial charge in [-0.05, 0) is 62.1 Å². The third-order valence-corrected chi connectivity index (χ3v) is 5.52. The molecule has 26 heavy (non-hydrogen) atoms. The molecule has 4 rings (SSSR count). The molecule has 0 bridgehead atoms. The van der Waals surface area contributed by atoms with E-state index >= 15 is 0 Å². The van der Waals surface area contributed by atoms with Gasteiger partial charge in [-0.2, -0.15) is 0 Å². The second-order valence-electron chi connectivity index (χ2n) is 7.17. The fourth-order valence-corrected chi connectivity index (χ4v) is 4.04. The van der Waals surface area contributed by atoms with E-state index in [4.69, 9.17) is 9.84 Å². The molecular formula is C19H24N4O3. The number of hydrogen-bond donors (Lipinski definition) is 2. The number of aromatic nitrogens is 3. The third-order valence-electron chi connectivity index (χ3n) is 5.52. The maximum atomic E-state index is 11.1. The minimum absolute atomic E-state index is 0.00155. The molecule has 2 aliphatic rings. The van der Waals surface area contributed by atoms with Crippen LogP contribution in [0.15, 0.2) is 24.3 Å². The Bertz CT molecular complexity index is 744. The molecule has 1 aromatic carbocycles. The van der Waals surface area contributed by atoms with Crippen molar-refractivity contribution >= 4 is 11.7 Å². The number of H-pyrrole nitrogens is 1. The van der Waals surface area contributed by atoms with Crippen LogP contribution in [-0.2, 0) is 0 Å². The SMILES string of the molecule is O=C(O)c1[nH]nnc1O[C@H]1CC[C@@H](c2ccc(N3CCCC3)cc2)CC1. The predicted molar refractivity (Wildman–Crippen MR) is 96.9 cm³/mol. The van der Waals surface area contributed by atoms with Gasteiger partial charge in [-0.25, -0.2) is 9.89 Å². The third kappa shape index (κ3) is 3.52. The normalized spacial score (nSPS) is 23.2. The van der Waals surface area contributed by atoms with Crippen molar-refractivity contribution in [2.75, 3.05) is 18.0 Å². The van der Waals surface area contributed by atoms with E-state index in [-0.39, 0.29) is 17.7 Å². The number of ether oxygens (including phenoxy) is 1. The number of carboxylic acids is 1. The highest BCUT2D eigenvalue weighted by molar-refractivity contribution is 5.87. The van der Waals surface area contributed by atoms with Gasteiger partial charge in [0.1, 0.15) is 6.10 Å².